The molecular formula is C18H20FN3OS. The molecule has 2 aromatic rings. The fourth-order valence-corrected chi connectivity index (χ4v) is 3.44. The highest BCUT2D eigenvalue weighted by Crippen LogP contribution is 2.27. The zero-order valence-corrected chi connectivity index (χ0v) is 14.5. The summed E-state index contributed by atoms with van der Waals surface area (Å²) in [5.41, 5.74) is 2.26. The number of anilines is 1. The molecule has 1 fully saturated rings. The molecular weight excluding hydrogens is 325 g/mol. The number of carbonyl (C=O) groups excluding carboxylic acids is 1. The van der Waals surface area contributed by atoms with Gasteiger partial charge in [0.05, 0.1) is 6.04 Å². The van der Waals surface area contributed by atoms with E-state index in [4.69, 9.17) is 0 Å². The number of benzene rings is 2. The van der Waals surface area contributed by atoms with Gasteiger partial charge in [0.25, 0.3) is 0 Å². The van der Waals surface area contributed by atoms with E-state index in [0.29, 0.717) is 11.3 Å². The van der Waals surface area contributed by atoms with Gasteiger partial charge in [-0.3, -0.25) is 0 Å². The predicted octanol–water partition coefficient (Wildman–Crippen LogP) is 3.96. The fraction of sp³-hybridized carbons (Fsp3) is 0.278. The molecule has 3 rings (SSSR count). The zero-order valence-electron chi connectivity index (χ0n) is 13.7. The van der Waals surface area contributed by atoms with Crippen LogP contribution in [0.2, 0.25) is 0 Å². The molecule has 1 saturated heterocycles. The summed E-state index contributed by atoms with van der Waals surface area (Å²) in [5, 5.41) is 5.56. The second-order valence-electron chi connectivity index (χ2n) is 6.01. The predicted molar refractivity (Wildman–Crippen MR) is 95.7 cm³/mol. The Morgan fingerprint density at radius 3 is 2.54 bits per heavy atom. The summed E-state index contributed by atoms with van der Waals surface area (Å²) in [7, 11) is 0. The Bertz CT molecular complexity index is 730. The van der Waals surface area contributed by atoms with Crippen LogP contribution in [0.4, 0.5) is 14.9 Å². The van der Waals surface area contributed by atoms with Gasteiger partial charge in [0.1, 0.15) is 5.82 Å². The van der Waals surface area contributed by atoms with E-state index in [1.54, 1.807) is 31.0 Å². The number of amides is 2. The van der Waals surface area contributed by atoms with E-state index in [0.717, 1.165) is 13.1 Å². The van der Waals surface area contributed by atoms with E-state index in [2.05, 4.69) is 46.1 Å². The molecule has 0 radical (unpaired) electrons. The van der Waals surface area contributed by atoms with Crippen LogP contribution in [0, 0.1) is 19.7 Å². The van der Waals surface area contributed by atoms with Gasteiger partial charge >= 0.3 is 6.03 Å². The van der Waals surface area contributed by atoms with E-state index in [9.17, 15) is 9.18 Å². The van der Waals surface area contributed by atoms with E-state index < -0.39 is 0 Å². The van der Waals surface area contributed by atoms with Crippen molar-refractivity contribution in [2.45, 2.75) is 24.8 Å². The van der Waals surface area contributed by atoms with Gasteiger partial charge in [-0.05, 0) is 55.6 Å². The topological polar surface area (TPSA) is 44.4 Å². The average molecular weight is 345 g/mol. The van der Waals surface area contributed by atoms with Gasteiger partial charge in [-0.25, -0.2) is 13.5 Å². The van der Waals surface area contributed by atoms with Crippen LogP contribution >= 0.6 is 11.9 Å². The highest BCUT2D eigenvalue weighted by molar-refractivity contribution is 7.97. The van der Waals surface area contributed by atoms with Gasteiger partial charge in [0.15, 0.2) is 0 Å². The number of halogens is 1. The summed E-state index contributed by atoms with van der Waals surface area (Å²) in [5.74, 6) is -0.322. The van der Waals surface area contributed by atoms with Gasteiger partial charge in [-0.2, -0.15) is 0 Å². The number of hydrogen-bond acceptors (Lipinski definition) is 3. The van der Waals surface area contributed by atoms with E-state index >= 15 is 0 Å². The van der Waals surface area contributed by atoms with Crippen LogP contribution in [0.3, 0.4) is 0 Å². The van der Waals surface area contributed by atoms with Gasteiger partial charge in [0, 0.05) is 23.7 Å². The minimum atomic E-state index is -0.322. The Balaban J connectivity index is 1.42. The summed E-state index contributed by atoms with van der Waals surface area (Å²) in [6, 6.07) is 12.8. The van der Waals surface area contributed by atoms with Gasteiger partial charge in [0.2, 0.25) is 0 Å². The number of aryl methyl sites for hydroxylation is 2. The maximum atomic E-state index is 13.5. The van der Waals surface area contributed by atoms with Gasteiger partial charge in [-0.15, -0.1) is 0 Å². The van der Waals surface area contributed by atoms with Crippen molar-refractivity contribution in [1.29, 1.82) is 0 Å². The second-order valence-corrected chi connectivity index (χ2v) is 7.18. The molecule has 126 valence electrons. The van der Waals surface area contributed by atoms with Crippen molar-refractivity contribution in [3.8, 4) is 0 Å². The largest absolute Gasteiger partial charge is 0.332 e. The number of nitrogens with one attached hydrogen (secondary N) is 2. The van der Waals surface area contributed by atoms with Crippen molar-refractivity contribution in [3.63, 3.8) is 0 Å². The van der Waals surface area contributed by atoms with E-state index in [1.807, 2.05) is 0 Å². The second kappa shape index (κ2) is 7.23. The average Bonchev–Trinajstić information content (AvgIpc) is 2.51. The molecule has 4 nitrogen and oxygen atoms in total. The van der Waals surface area contributed by atoms with Gasteiger partial charge < -0.3 is 10.6 Å². The van der Waals surface area contributed by atoms with Crippen LogP contribution in [0.5, 0.6) is 0 Å². The summed E-state index contributed by atoms with van der Waals surface area (Å²) >= 11 is 1.69. The molecule has 0 atom stereocenters. The van der Waals surface area contributed by atoms with Crippen molar-refractivity contribution in [1.82, 2.24) is 9.62 Å². The normalized spacial score (nSPS) is 15.0. The molecule has 0 saturated carbocycles. The van der Waals surface area contributed by atoms with Crippen molar-refractivity contribution >= 4 is 23.7 Å². The Hall–Kier alpha value is -2.05. The summed E-state index contributed by atoms with van der Waals surface area (Å²) in [6.07, 6.45) is 0. The SMILES string of the molecule is Cc1ccc(SN2CC(NC(=O)Nc3ccc(C)c(F)c3)C2)cc1. The Morgan fingerprint density at radius 2 is 1.88 bits per heavy atom. The maximum Gasteiger partial charge on any atom is 0.319 e. The molecule has 2 aromatic carbocycles. The lowest BCUT2D eigenvalue weighted by Crippen LogP contribution is -2.57. The van der Waals surface area contributed by atoms with Crippen LogP contribution < -0.4 is 10.6 Å². The van der Waals surface area contributed by atoms with Gasteiger partial charge in [-0.1, -0.05) is 23.8 Å². The smallest absolute Gasteiger partial charge is 0.319 e. The molecule has 1 heterocycles. The molecule has 0 aromatic heterocycles. The van der Waals surface area contributed by atoms with Crippen molar-refractivity contribution < 1.29 is 9.18 Å². The molecule has 2 amide bonds. The first-order valence-electron chi connectivity index (χ1n) is 7.83. The lowest BCUT2D eigenvalue weighted by molar-refractivity contribution is 0.222. The first-order valence-corrected chi connectivity index (χ1v) is 8.60. The molecule has 1 aliphatic rings. The van der Waals surface area contributed by atoms with Crippen molar-refractivity contribution in [2.24, 2.45) is 0 Å². The third-order valence-corrected chi connectivity index (χ3v) is 4.91. The van der Waals surface area contributed by atoms with Crippen molar-refractivity contribution in [2.75, 3.05) is 18.4 Å². The number of rotatable bonds is 4. The van der Waals surface area contributed by atoms with Crippen LogP contribution in [0.15, 0.2) is 47.4 Å². The quantitative estimate of drug-likeness (QED) is 0.825. The molecule has 1 aliphatic heterocycles. The number of hydrogen-bond donors (Lipinski definition) is 2. The summed E-state index contributed by atoms with van der Waals surface area (Å²) in [4.78, 5) is 13.1. The molecule has 0 spiro atoms. The van der Waals surface area contributed by atoms with Crippen LogP contribution in [0.1, 0.15) is 11.1 Å². The Labute approximate surface area is 145 Å². The first kappa shape index (κ1) is 16.8. The monoisotopic (exact) mass is 345 g/mol. The minimum Gasteiger partial charge on any atom is -0.332 e. The van der Waals surface area contributed by atoms with Crippen LogP contribution in [-0.4, -0.2) is 29.5 Å². The summed E-state index contributed by atoms with van der Waals surface area (Å²) < 4.78 is 15.7. The Kier molecular flexibility index (Phi) is 5.06. The lowest BCUT2D eigenvalue weighted by atomic mass is 10.2. The molecule has 0 aliphatic carbocycles. The highest BCUT2D eigenvalue weighted by Gasteiger charge is 2.28. The molecule has 6 heteroatoms. The van der Waals surface area contributed by atoms with Crippen LogP contribution in [-0.2, 0) is 0 Å². The number of carbonyl (C=O) groups is 1. The standard InChI is InChI=1S/C18H20FN3OS/c1-12-3-7-16(8-4-12)24-22-10-15(11-22)21-18(23)20-14-6-5-13(2)17(19)9-14/h3-9,15H,10-11H2,1-2H3,(H2,20,21,23). The molecule has 0 bridgehead atoms. The number of nitrogens with zero attached hydrogens (tertiary/aromatic N) is 1. The van der Waals surface area contributed by atoms with E-state index in [-0.39, 0.29) is 17.9 Å². The van der Waals surface area contributed by atoms with E-state index in [1.165, 1.54) is 16.5 Å². The highest BCUT2D eigenvalue weighted by atomic mass is 32.2. The van der Waals surface area contributed by atoms with Crippen LogP contribution in [0.25, 0.3) is 0 Å². The number of urea groups is 1. The molecule has 24 heavy (non-hydrogen) atoms. The molecule has 2 N–H and O–H groups in total. The first-order chi connectivity index (χ1) is 11.5. The minimum absolute atomic E-state index is 0.109. The maximum absolute atomic E-state index is 13.5. The Morgan fingerprint density at radius 1 is 1.17 bits per heavy atom. The third-order valence-electron chi connectivity index (χ3n) is 3.87. The summed E-state index contributed by atoms with van der Waals surface area (Å²) in [6.45, 7) is 5.33. The fourth-order valence-electron chi connectivity index (χ4n) is 2.38. The molecule has 0 unspecified atom stereocenters. The lowest BCUT2D eigenvalue weighted by Gasteiger charge is -2.38. The third kappa shape index (κ3) is 4.27. The zero-order chi connectivity index (χ0) is 17.1. The van der Waals surface area contributed by atoms with Crippen molar-refractivity contribution in [3.05, 3.63) is 59.4 Å².